The summed E-state index contributed by atoms with van der Waals surface area (Å²) in [6.45, 7) is 5.63. The van der Waals surface area contributed by atoms with Crippen molar-refractivity contribution in [2.24, 2.45) is 0 Å². The van der Waals surface area contributed by atoms with Crippen molar-refractivity contribution < 1.29 is 9.47 Å². The second-order valence-corrected chi connectivity index (χ2v) is 7.75. The van der Waals surface area contributed by atoms with E-state index in [1.165, 1.54) is 0 Å². The number of ether oxygens (including phenoxy) is 2. The number of anilines is 3. The van der Waals surface area contributed by atoms with Crippen LogP contribution < -0.4 is 15.0 Å². The van der Waals surface area contributed by atoms with E-state index in [1.807, 2.05) is 36.4 Å². The number of methoxy groups -OCH3 is 1. The second kappa shape index (κ2) is 8.85. The first-order valence-electron chi connectivity index (χ1n) is 9.82. The highest BCUT2D eigenvalue weighted by molar-refractivity contribution is 6.30. The Morgan fingerprint density at radius 1 is 1.07 bits per heavy atom. The van der Waals surface area contributed by atoms with Gasteiger partial charge in [-0.05, 0) is 43.7 Å². The van der Waals surface area contributed by atoms with Crippen LogP contribution >= 0.6 is 11.6 Å². The first kappa shape index (κ1) is 20.4. The van der Waals surface area contributed by atoms with E-state index in [0.717, 1.165) is 29.9 Å². The fourth-order valence-electron chi connectivity index (χ4n) is 3.55. The molecule has 8 heteroatoms. The summed E-state index contributed by atoms with van der Waals surface area (Å²) in [7, 11) is 1.59. The van der Waals surface area contributed by atoms with Crippen molar-refractivity contribution in [3.05, 3.63) is 53.8 Å². The average molecular weight is 426 g/mol. The predicted octanol–water partition coefficient (Wildman–Crippen LogP) is 4.56. The third kappa shape index (κ3) is 4.63. The monoisotopic (exact) mass is 425 g/mol. The average Bonchev–Trinajstić information content (AvgIpc) is 2.74. The Labute approximate surface area is 181 Å². The first-order chi connectivity index (χ1) is 14.5. The van der Waals surface area contributed by atoms with E-state index in [9.17, 15) is 0 Å². The summed E-state index contributed by atoms with van der Waals surface area (Å²) in [6, 6.07) is 11.4. The Morgan fingerprint density at radius 2 is 1.80 bits per heavy atom. The molecule has 1 saturated heterocycles. The van der Waals surface area contributed by atoms with Crippen molar-refractivity contribution in [1.29, 1.82) is 0 Å². The van der Waals surface area contributed by atoms with E-state index in [1.54, 1.807) is 19.5 Å². The number of halogens is 1. The van der Waals surface area contributed by atoms with Gasteiger partial charge < -0.3 is 19.7 Å². The minimum absolute atomic E-state index is 0.134. The van der Waals surface area contributed by atoms with Crippen molar-refractivity contribution in [3.8, 4) is 17.0 Å². The molecule has 1 N–H and O–H groups in total. The highest BCUT2D eigenvalue weighted by atomic mass is 35.5. The zero-order chi connectivity index (χ0) is 21.1. The molecular weight excluding hydrogens is 402 g/mol. The third-order valence-electron chi connectivity index (χ3n) is 4.83. The number of nitrogens with zero attached hydrogens (tertiary/aromatic N) is 4. The lowest BCUT2D eigenvalue weighted by Gasteiger charge is -2.35. The van der Waals surface area contributed by atoms with Gasteiger partial charge in [0.05, 0.1) is 19.3 Å². The maximum atomic E-state index is 6.01. The van der Waals surface area contributed by atoms with Gasteiger partial charge >= 0.3 is 0 Å². The van der Waals surface area contributed by atoms with Crippen molar-refractivity contribution in [1.82, 2.24) is 15.0 Å². The fraction of sp³-hybridized carbons (Fsp3) is 0.318. The Hall–Kier alpha value is -2.90. The van der Waals surface area contributed by atoms with E-state index >= 15 is 0 Å². The molecule has 0 spiro atoms. The number of hydrogen-bond acceptors (Lipinski definition) is 7. The van der Waals surface area contributed by atoms with Crippen LogP contribution in [0, 0.1) is 0 Å². The van der Waals surface area contributed by atoms with Gasteiger partial charge in [-0.15, -0.1) is 0 Å². The number of hydrogen-bond donors (Lipinski definition) is 1. The predicted molar refractivity (Wildman–Crippen MR) is 119 cm³/mol. The lowest BCUT2D eigenvalue weighted by atomic mass is 10.1. The minimum atomic E-state index is 0.134. The van der Waals surface area contributed by atoms with E-state index < -0.39 is 0 Å². The van der Waals surface area contributed by atoms with Gasteiger partial charge in [0.25, 0.3) is 0 Å². The van der Waals surface area contributed by atoms with Crippen LogP contribution in [0.1, 0.15) is 13.8 Å². The van der Waals surface area contributed by atoms with E-state index in [0.29, 0.717) is 22.7 Å². The summed E-state index contributed by atoms with van der Waals surface area (Å²) < 4.78 is 11.2. The molecule has 156 valence electrons. The quantitative estimate of drug-likeness (QED) is 0.642. The van der Waals surface area contributed by atoms with Crippen LogP contribution in [0.25, 0.3) is 11.1 Å². The van der Waals surface area contributed by atoms with Gasteiger partial charge in [-0.2, -0.15) is 4.98 Å². The molecule has 0 radical (unpaired) electrons. The summed E-state index contributed by atoms with van der Waals surface area (Å²) in [5.41, 5.74) is 2.68. The van der Waals surface area contributed by atoms with Crippen molar-refractivity contribution in [2.75, 3.05) is 30.4 Å². The second-order valence-electron chi connectivity index (χ2n) is 7.32. The van der Waals surface area contributed by atoms with Gasteiger partial charge in [0, 0.05) is 36.1 Å². The lowest BCUT2D eigenvalue weighted by molar-refractivity contribution is -0.00571. The van der Waals surface area contributed by atoms with E-state index in [-0.39, 0.29) is 12.2 Å². The molecule has 3 heterocycles. The topological polar surface area (TPSA) is 72.4 Å². The summed E-state index contributed by atoms with van der Waals surface area (Å²) in [5, 5.41) is 4.02. The number of rotatable bonds is 5. The fourth-order valence-corrected chi connectivity index (χ4v) is 3.68. The molecular formula is C22H24ClN5O2. The molecule has 3 aromatic rings. The van der Waals surface area contributed by atoms with Crippen LogP contribution in [-0.2, 0) is 4.74 Å². The standard InChI is InChI=1S/C22H24ClN5O2/c1-14-12-28(13-15(2)30-14)22-24-9-8-20(27-22)26-19-10-17(11-25-21(19)29-3)16-4-6-18(23)7-5-16/h4-11,14-15H,12-13H2,1-3H3,(H,24,26,27)/t14-,15+. The van der Waals surface area contributed by atoms with Gasteiger partial charge in [0.2, 0.25) is 11.8 Å². The maximum Gasteiger partial charge on any atom is 0.237 e. The first-order valence-corrected chi connectivity index (χ1v) is 10.2. The molecule has 2 atom stereocenters. The Kier molecular flexibility index (Phi) is 6.01. The van der Waals surface area contributed by atoms with Crippen LogP contribution in [0.5, 0.6) is 5.88 Å². The Bertz CT molecular complexity index is 1000. The summed E-state index contributed by atoms with van der Waals surface area (Å²) in [4.78, 5) is 15.7. The zero-order valence-electron chi connectivity index (χ0n) is 17.2. The third-order valence-corrected chi connectivity index (χ3v) is 5.08. The normalized spacial score (nSPS) is 18.9. The van der Waals surface area contributed by atoms with Crippen molar-refractivity contribution >= 4 is 29.1 Å². The molecule has 0 unspecified atom stereocenters. The number of aromatic nitrogens is 3. The highest BCUT2D eigenvalue weighted by Crippen LogP contribution is 2.31. The smallest absolute Gasteiger partial charge is 0.237 e. The Morgan fingerprint density at radius 3 is 2.50 bits per heavy atom. The summed E-state index contributed by atoms with van der Waals surface area (Å²) in [5.74, 6) is 1.82. The van der Waals surface area contributed by atoms with Gasteiger partial charge in [0.1, 0.15) is 11.5 Å². The van der Waals surface area contributed by atoms with Crippen molar-refractivity contribution in [2.45, 2.75) is 26.1 Å². The molecule has 4 rings (SSSR count). The van der Waals surface area contributed by atoms with Crippen molar-refractivity contribution in [3.63, 3.8) is 0 Å². The van der Waals surface area contributed by atoms with Crippen LogP contribution in [0.4, 0.5) is 17.5 Å². The number of morpholine rings is 1. The zero-order valence-corrected chi connectivity index (χ0v) is 17.9. The minimum Gasteiger partial charge on any atom is -0.480 e. The molecule has 2 aromatic heterocycles. The molecule has 0 aliphatic carbocycles. The van der Waals surface area contributed by atoms with Crippen LogP contribution in [0.2, 0.25) is 5.02 Å². The molecule has 1 aliphatic heterocycles. The van der Waals surface area contributed by atoms with Crippen LogP contribution in [0.15, 0.2) is 48.8 Å². The molecule has 1 aromatic carbocycles. The largest absolute Gasteiger partial charge is 0.480 e. The highest BCUT2D eigenvalue weighted by Gasteiger charge is 2.24. The lowest BCUT2D eigenvalue weighted by Crippen LogP contribution is -2.46. The van der Waals surface area contributed by atoms with Crippen LogP contribution in [-0.4, -0.2) is 47.4 Å². The molecule has 30 heavy (non-hydrogen) atoms. The van der Waals surface area contributed by atoms with Gasteiger partial charge in [-0.25, -0.2) is 9.97 Å². The number of pyridine rings is 1. The van der Waals surface area contributed by atoms with E-state index in [4.69, 9.17) is 26.1 Å². The molecule has 0 bridgehead atoms. The maximum absolute atomic E-state index is 6.01. The molecule has 0 saturated carbocycles. The van der Waals surface area contributed by atoms with Gasteiger partial charge in [-0.1, -0.05) is 23.7 Å². The molecule has 0 amide bonds. The van der Waals surface area contributed by atoms with Gasteiger partial charge in [-0.3, -0.25) is 0 Å². The number of nitrogens with one attached hydrogen (secondary N) is 1. The summed E-state index contributed by atoms with van der Waals surface area (Å²) in [6.07, 6.45) is 3.79. The molecule has 7 nitrogen and oxygen atoms in total. The Balaban J connectivity index is 1.60. The number of benzene rings is 1. The van der Waals surface area contributed by atoms with E-state index in [2.05, 4.69) is 34.0 Å². The summed E-state index contributed by atoms with van der Waals surface area (Å²) >= 11 is 6.01. The SMILES string of the molecule is COc1ncc(-c2ccc(Cl)cc2)cc1Nc1ccnc(N2C[C@@H](C)O[C@@H](C)C2)n1. The molecule has 1 aliphatic rings. The molecule has 1 fully saturated rings. The van der Waals surface area contributed by atoms with Crippen LogP contribution in [0.3, 0.4) is 0 Å². The van der Waals surface area contributed by atoms with Gasteiger partial charge in [0.15, 0.2) is 0 Å².